The van der Waals surface area contributed by atoms with Crippen LogP contribution in [0, 0.1) is 5.92 Å². The zero-order valence-corrected chi connectivity index (χ0v) is 16.3. The molecule has 2 aromatic carbocycles. The van der Waals surface area contributed by atoms with Crippen LogP contribution in [0.3, 0.4) is 0 Å². The summed E-state index contributed by atoms with van der Waals surface area (Å²) in [6, 6.07) is 15.1. The second-order valence-electron chi connectivity index (χ2n) is 6.47. The van der Waals surface area contributed by atoms with E-state index in [0.29, 0.717) is 5.56 Å². The summed E-state index contributed by atoms with van der Waals surface area (Å²) >= 11 is 0. The molecule has 7 heteroatoms. The Bertz CT molecular complexity index is 879. The van der Waals surface area contributed by atoms with Gasteiger partial charge in [0.05, 0.1) is 4.90 Å². The molecule has 0 amide bonds. The lowest BCUT2D eigenvalue weighted by Gasteiger charge is -2.22. The van der Waals surface area contributed by atoms with Crippen LogP contribution >= 0.6 is 0 Å². The van der Waals surface area contributed by atoms with Crippen LogP contribution in [-0.2, 0) is 19.6 Å². The minimum absolute atomic E-state index is 0.0526. The molecule has 1 N–H and O–H groups in total. The number of benzene rings is 2. The van der Waals surface area contributed by atoms with Crippen molar-refractivity contribution in [2.24, 2.45) is 5.92 Å². The Morgan fingerprint density at radius 1 is 0.889 bits per heavy atom. The van der Waals surface area contributed by atoms with E-state index in [9.17, 15) is 18.0 Å². The van der Waals surface area contributed by atoms with Gasteiger partial charge in [-0.2, -0.15) is 4.72 Å². The number of ketones is 1. The topological polar surface area (TPSA) is 89.5 Å². The highest BCUT2D eigenvalue weighted by atomic mass is 32.2. The van der Waals surface area contributed by atoms with Crippen LogP contribution < -0.4 is 4.72 Å². The van der Waals surface area contributed by atoms with E-state index in [-0.39, 0.29) is 16.6 Å². The van der Waals surface area contributed by atoms with Gasteiger partial charge in [0, 0.05) is 5.56 Å². The van der Waals surface area contributed by atoms with E-state index in [4.69, 9.17) is 4.74 Å². The lowest BCUT2D eigenvalue weighted by molar-refractivity contribution is -0.149. The third-order valence-corrected chi connectivity index (χ3v) is 5.43. The number of carbonyl (C=O) groups excluding carboxylic acids is 2. The van der Waals surface area contributed by atoms with Crippen molar-refractivity contribution in [3.05, 3.63) is 66.2 Å². The van der Waals surface area contributed by atoms with Crippen LogP contribution in [0.1, 0.15) is 31.1 Å². The Morgan fingerprint density at radius 3 is 1.93 bits per heavy atom. The zero-order chi connectivity index (χ0) is 20.0. The van der Waals surface area contributed by atoms with Crippen LogP contribution in [0.15, 0.2) is 65.6 Å². The van der Waals surface area contributed by atoms with Crippen LogP contribution in [0.5, 0.6) is 0 Å². The van der Waals surface area contributed by atoms with E-state index in [1.54, 1.807) is 62.4 Å². The van der Waals surface area contributed by atoms with Crippen LogP contribution in [0.2, 0.25) is 0 Å². The molecule has 2 aromatic rings. The summed E-state index contributed by atoms with van der Waals surface area (Å²) in [5.74, 6) is -1.51. The van der Waals surface area contributed by atoms with Crippen molar-refractivity contribution in [3.8, 4) is 0 Å². The van der Waals surface area contributed by atoms with Gasteiger partial charge in [-0.3, -0.25) is 9.59 Å². The van der Waals surface area contributed by atoms with Crippen molar-refractivity contribution in [2.45, 2.75) is 37.8 Å². The fraction of sp³-hybridized carbons (Fsp3) is 0.300. The number of carbonyl (C=O) groups is 2. The quantitative estimate of drug-likeness (QED) is 0.554. The van der Waals surface area contributed by atoms with Crippen molar-refractivity contribution >= 4 is 21.8 Å². The molecule has 0 heterocycles. The van der Waals surface area contributed by atoms with E-state index in [2.05, 4.69) is 4.72 Å². The molecule has 0 saturated carbocycles. The van der Waals surface area contributed by atoms with Crippen molar-refractivity contribution in [2.75, 3.05) is 0 Å². The maximum absolute atomic E-state index is 12.5. The molecule has 27 heavy (non-hydrogen) atoms. The van der Waals surface area contributed by atoms with E-state index < -0.39 is 28.1 Å². The largest absolute Gasteiger partial charge is 0.453 e. The van der Waals surface area contributed by atoms with Gasteiger partial charge in [-0.25, -0.2) is 8.42 Å². The Labute approximate surface area is 159 Å². The number of ether oxygens (including phenoxy) is 1. The standard InChI is InChI=1S/C20H23NO5S/c1-14(2)18(21-27(24,25)17-12-8-5-9-13-17)20(23)26-15(3)19(22)16-10-6-4-7-11-16/h4-15,18,21H,1-3H3/t15-,18-/m0/s1. The van der Waals surface area contributed by atoms with Crippen LogP contribution in [0.4, 0.5) is 0 Å². The second-order valence-corrected chi connectivity index (χ2v) is 8.18. The molecule has 6 nitrogen and oxygen atoms in total. The van der Waals surface area contributed by atoms with Gasteiger partial charge in [-0.05, 0) is 25.0 Å². The summed E-state index contributed by atoms with van der Waals surface area (Å²) in [6.07, 6.45) is -1.03. The van der Waals surface area contributed by atoms with Crippen LogP contribution in [-0.4, -0.2) is 32.3 Å². The highest BCUT2D eigenvalue weighted by Gasteiger charge is 2.32. The molecule has 0 unspecified atom stereocenters. The highest BCUT2D eigenvalue weighted by molar-refractivity contribution is 7.89. The first-order valence-electron chi connectivity index (χ1n) is 8.59. The first kappa shape index (κ1) is 20.8. The normalized spacial score (nSPS) is 13.8. The van der Waals surface area contributed by atoms with Gasteiger partial charge >= 0.3 is 5.97 Å². The van der Waals surface area contributed by atoms with Gasteiger partial charge in [0.2, 0.25) is 15.8 Å². The average molecular weight is 389 g/mol. The lowest BCUT2D eigenvalue weighted by Crippen LogP contribution is -2.46. The Hall–Kier alpha value is -2.51. The number of hydrogen-bond donors (Lipinski definition) is 1. The lowest BCUT2D eigenvalue weighted by atomic mass is 10.1. The molecule has 0 radical (unpaired) electrons. The summed E-state index contributed by atoms with van der Waals surface area (Å²) in [4.78, 5) is 25.0. The van der Waals surface area contributed by atoms with Gasteiger partial charge in [0.15, 0.2) is 6.10 Å². The molecule has 0 fully saturated rings. The number of sulfonamides is 1. The minimum atomic E-state index is -3.89. The number of esters is 1. The van der Waals surface area contributed by atoms with E-state index in [1.165, 1.54) is 19.1 Å². The first-order chi connectivity index (χ1) is 12.7. The predicted molar refractivity (Wildman–Crippen MR) is 102 cm³/mol. The molecular weight excluding hydrogens is 366 g/mol. The molecule has 0 aliphatic rings. The highest BCUT2D eigenvalue weighted by Crippen LogP contribution is 2.14. The Balaban J connectivity index is 2.12. The Kier molecular flexibility index (Phi) is 6.87. The number of hydrogen-bond acceptors (Lipinski definition) is 5. The minimum Gasteiger partial charge on any atom is -0.453 e. The summed E-state index contributed by atoms with van der Waals surface area (Å²) < 4.78 is 32.6. The van der Waals surface area contributed by atoms with E-state index in [1.807, 2.05) is 0 Å². The van der Waals surface area contributed by atoms with Gasteiger partial charge < -0.3 is 4.74 Å². The smallest absolute Gasteiger partial charge is 0.325 e. The zero-order valence-electron chi connectivity index (χ0n) is 15.5. The molecule has 144 valence electrons. The number of rotatable bonds is 8. The predicted octanol–water partition coefficient (Wildman–Crippen LogP) is 2.80. The van der Waals surface area contributed by atoms with Gasteiger partial charge in [0.1, 0.15) is 6.04 Å². The number of nitrogens with one attached hydrogen (secondary N) is 1. The molecule has 0 bridgehead atoms. The molecule has 0 aliphatic heterocycles. The van der Waals surface area contributed by atoms with Crippen LogP contribution in [0.25, 0.3) is 0 Å². The molecule has 0 saturated heterocycles. The molecule has 0 spiro atoms. The SMILES string of the molecule is CC(C)[C@H](NS(=O)(=O)c1ccccc1)C(=O)O[C@@H](C)C(=O)c1ccccc1. The summed E-state index contributed by atoms with van der Waals surface area (Å²) in [7, 11) is -3.89. The maximum atomic E-state index is 12.5. The fourth-order valence-electron chi connectivity index (χ4n) is 2.43. The summed E-state index contributed by atoms with van der Waals surface area (Å²) in [5, 5.41) is 0. The van der Waals surface area contributed by atoms with E-state index >= 15 is 0 Å². The van der Waals surface area contributed by atoms with Crippen molar-refractivity contribution in [1.82, 2.24) is 4.72 Å². The third-order valence-electron chi connectivity index (χ3n) is 3.98. The average Bonchev–Trinajstić information content (AvgIpc) is 2.66. The maximum Gasteiger partial charge on any atom is 0.325 e. The molecule has 2 atom stereocenters. The molecule has 0 aliphatic carbocycles. The summed E-state index contributed by atoms with van der Waals surface area (Å²) in [6.45, 7) is 4.86. The molecule has 0 aromatic heterocycles. The van der Waals surface area contributed by atoms with Gasteiger partial charge in [0.25, 0.3) is 0 Å². The van der Waals surface area contributed by atoms with Crippen molar-refractivity contribution in [1.29, 1.82) is 0 Å². The number of Topliss-reactive ketones (excluding diaryl/α,β-unsaturated/α-hetero) is 1. The fourth-order valence-corrected chi connectivity index (χ4v) is 3.78. The third kappa shape index (κ3) is 5.48. The van der Waals surface area contributed by atoms with Gasteiger partial charge in [-0.1, -0.05) is 62.4 Å². The second kappa shape index (κ2) is 8.92. The van der Waals surface area contributed by atoms with Crippen molar-refractivity contribution < 1.29 is 22.7 Å². The first-order valence-corrected chi connectivity index (χ1v) is 10.1. The Morgan fingerprint density at radius 2 is 1.41 bits per heavy atom. The monoisotopic (exact) mass is 389 g/mol. The van der Waals surface area contributed by atoms with E-state index in [0.717, 1.165) is 0 Å². The van der Waals surface area contributed by atoms with Crippen molar-refractivity contribution in [3.63, 3.8) is 0 Å². The molecular formula is C20H23NO5S. The molecule has 2 rings (SSSR count). The van der Waals surface area contributed by atoms with Gasteiger partial charge in [-0.15, -0.1) is 0 Å². The summed E-state index contributed by atoms with van der Waals surface area (Å²) in [5.41, 5.74) is 0.420.